The summed E-state index contributed by atoms with van der Waals surface area (Å²) in [4.78, 5) is 0.251. The van der Waals surface area contributed by atoms with E-state index in [9.17, 15) is 13.0 Å². The second-order valence-electron chi connectivity index (χ2n) is 13.7. The largest absolute Gasteiger partial charge is 0.399 e. The van der Waals surface area contributed by atoms with Gasteiger partial charge in [-0.2, -0.15) is 28.9 Å². The molecule has 14 heteroatoms. The van der Waals surface area contributed by atoms with E-state index in [-0.39, 0.29) is 4.90 Å². The van der Waals surface area contributed by atoms with Crippen molar-refractivity contribution in [3.05, 3.63) is 156 Å². The third kappa shape index (κ3) is 9.97. The summed E-state index contributed by atoms with van der Waals surface area (Å²) in [6.07, 6.45) is 0. The van der Waals surface area contributed by atoms with E-state index in [2.05, 4.69) is 79.5 Å². The van der Waals surface area contributed by atoms with Gasteiger partial charge in [0.05, 0.1) is 39.0 Å². The number of nitrogens with two attached hydrogens (primary N) is 1. The second-order valence-corrected chi connectivity index (χ2v) is 15.6. The summed E-state index contributed by atoms with van der Waals surface area (Å²) >= 11 is 4.40. The number of fused-ring (bicyclic) bond motifs is 1. The van der Waals surface area contributed by atoms with Crippen molar-refractivity contribution in [2.24, 2.45) is 20.5 Å². The van der Waals surface area contributed by atoms with E-state index in [4.69, 9.17) is 5.73 Å². The molecule has 7 aromatic rings. The first kappa shape index (κ1) is 39.5. The topological polar surface area (TPSA) is 169 Å². The Morgan fingerprint density at radius 1 is 0.655 bits per heavy atom. The van der Waals surface area contributed by atoms with Gasteiger partial charge in [-0.25, -0.2) is 0 Å². The van der Waals surface area contributed by atoms with Gasteiger partial charge in [-0.1, -0.05) is 18.2 Å². The van der Waals surface area contributed by atoms with Crippen molar-refractivity contribution in [3.8, 4) is 0 Å². The van der Waals surface area contributed by atoms with E-state index in [0.717, 1.165) is 67.6 Å². The first-order chi connectivity index (χ1) is 27.9. The molecule has 7 aromatic carbocycles. The van der Waals surface area contributed by atoms with Crippen LogP contribution in [0.15, 0.2) is 170 Å². The predicted octanol–water partition coefficient (Wildman–Crippen LogP) is 12.2. The number of hydrogen-bond acceptors (Lipinski definition) is 12. The average Bonchev–Trinajstić information content (AvgIpc) is 3.20. The van der Waals surface area contributed by atoms with Gasteiger partial charge in [-0.3, -0.25) is 15.0 Å². The molecule has 0 saturated carbocycles. The van der Waals surface area contributed by atoms with E-state index in [1.54, 1.807) is 17.1 Å². The van der Waals surface area contributed by atoms with Crippen molar-refractivity contribution >= 4 is 90.4 Å². The Bertz CT molecular complexity index is 2760. The van der Waals surface area contributed by atoms with Crippen molar-refractivity contribution in [2.45, 2.75) is 30.2 Å². The van der Waals surface area contributed by atoms with Crippen LogP contribution in [-0.2, 0) is 16.7 Å². The monoisotopic (exact) mass is 807 g/mol. The van der Waals surface area contributed by atoms with E-state index in [1.165, 1.54) is 12.1 Å². The van der Waals surface area contributed by atoms with Crippen molar-refractivity contribution in [2.75, 3.05) is 33.8 Å². The van der Waals surface area contributed by atoms with Crippen LogP contribution in [0.3, 0.4) is 0 Å². The van der Waals surface area contributed by atoms with Gasteiger partial charge in [0.2, 0.25) is 0 Å². The highest BCUT2D eigenvalue weighted by atomic mass is 32.2. The first-order valence-electron chi connectivity index (χ1n) is 18.2. The van der Waals surface area contributed by atoms with Crippen molar-refractivity contribution in [1.29, 1.82) is 0 Å². The third-order valence-corrected chi connectivity index (χ3v) is 10.5. The molecule has 0 fully saturated rings. The fourth-order valence-corrected chi connectivity index (χ4v) is 7.07. The van der Waals surface area contributed by atoms with Gasteiger partial charge < -0.3 is 16.4 Å². The normalized spacial score (nSPS) is 11.7. The molecule has 0 atom stereocenters. The molecule has 0 aliphatic rings. The van der Waals surface area contributed by atoms with Crippen molar-refractivity contribution in [3.63, 3.8) is 0 Å². The van der Waals surface area contributed by atoms with Crippen LogP contribution in [0.1, 0.15) is 16.7 Å². The summed E-state index contributed by atoms with van der Waals surface area (Å²) in [5.74, 6) is 0. The van der Waals surface area contributed by atoms with Crippen LogP contribution >= 0.6 is 12.6 Å². The second kappa shape index (κ2) is 17.2. The number of benzene rings is 7. The minimum absolute atomic E-state index is 0.205. The highest BCUT2D eigenvalue weighted by Crippen LogP contribution is 2.31. The van der Waals surface area contributed by atoms with Crippen LogP contribution in [0.4, 0.5) is 56.9 Å². The summed E-state index contributed by atoms with van der Waals surface area (Å²) in [6.45, 7) is 4.69. The van der Waals surface area contributed by atoms with Crippen LogP contribution in [0.2, 0.25) is 0 Å². The number of anilines is 6. The Hall–Kier alpha value is -6.74. The van der Waals surface area contributed by atoms with Gasteiger partial charge in [-0.05, 0) is 163 Å². The maximum absolute atomic E-state index is 11.7. The number of rotatable bonds is 13. The molecule has 0 spiro atoms. The Kier molecular flexibility index (Phi) is 11.7. The molecule has 0 amide bonds. The maximum atomic E-state index is 11.7. The number of thiol groups is 1. The molecule has 292 valence electrons. The Labute approximate surface area is 342 Å². The molecule has 0 aliphatic carbocycles. The highest BCUT2D eigenvalue weighted by Gasteiger charge is 2.14. The van der Waals surface area contributed by atoms with Gasteiger partial charge >= 0.3 is 0 Å². The number of nitrogens with zero attached hydrogens (tertiary/aromatic N) is 5. The van der Waals surface area contributed by atoms with Crippen LogP contribution < -0.4 is 26.8 Å². The van der Waals surface area contributed by atoms with E-state index < -0.39 is 10.1 Å². The minimum Gasteiger partial charge on any atom is -0.399 e. The molecule has 0 heterocycles. The molecular weight excluding hydrogens is 767 g/mol. The first-order valence-corrected chi connectivity index (χ1v) is 20.1. The molecule has 6 N–H and O–H groups in total. The molecule has 0 aliphatic heterocycles. The predicted molar refractivity (Wildman–Crippen MR) is 238 cm³/mol. The fraction of sp³-hybridized carbons (Fsp3) is 0.0909. The lowest BCUT2D eigenvalue weighted by atomic mass is 10.1. The standard InChI is InChI=1S/C44H41N9O3S2/c1-28-22-37(16-20-42(28)50-48-34-10-6-32(45)7-11-34)46-27-30-4-8-33(9-5-30)47-38-17-21-43(29(2)23-38)51-49-35-12-14-36(15-13-35)52-53(3)39-18-19-41-31(24-39)25-40(26-44(41)57)58(54,55)56/h4-26,46-47,52,57H,27,45H2,1-3H3,(H,54,55,56). The fourth-order valence-electron chi connectivity index (χ4n) is 6.09. The third-order valence-electron chi connectivity index (χ3n) is 9.31. The quantitative estimate of drug-likeness (QED) is 0.0220. The average molecular weight is 808 g/mol. The minimum atomic E-state index is -4.36. The zero-order valence-corrected chi connectivity index (χ0v) is 33.6. The molecule has 58 heavy (non-hydrogen) atoms. The van der Waals surface area contributed by atoms with E-state index in [0.29, 0.717) is 28.2 Å². The molecule has 0 aromatic heterocycles. The van der Waals surface area contributed by atoms with Gasteiger partial charge in [0.15, 0.2) is 0 Å². The highest BCUT2D eigenvalue weighted by molar-refractivity contribution is 7.86. The van der Waals surface area contributed by atoms with E-state index >= 15 is 0 Å². The smallest absolute Gasteiger partial charge is 0.294 e. The lowest BCUT2D eigenvalue weighted by molar-refractivity contribution is 0.483. The molecular formula is C44H41N9O3S2. The van der Waals surface area contributed by atoms with Crippen molar-refractivity contribution in [1.82, 2.24) is 0 Å². The number of nitrogens with one attached hydrogen (secondary N) is 3. The Balaban J connectivity index is 0.904. The van der Waals surface area contributed by atoms with Crippen LogP contribution in [0.5, 0.6) is 0 Å². The van der Waals surface area contributed by atoms with Gasteiger partial charge in [0.1, 0.15) is 0 Å². The Morgan fingerprint density at radius 2 is 1.22 bits per heavy atom. The molecule has 12 nitrogen and oxygen atoms in total. The lowest BCUT2D eigenvalue weighted by Crippen LogP contribution is -2.24. The Morgan fingerprint density at radius 3 is 1.84 bits per heavy atom. The summed E-state index contributed by atoms with van der Waals surface area (Å²) < 4.78 is 32.9. The number of hydrogen-bond donors (Lipinski definition) is 6. The number of aryl methyl sites for hydroxylation is 2. The summed E-state index contributed by atoms with van der Waals surface area (Å²) in [6, 6.07) is 43.4. The summed E-state index contributed by atoms with van der Waals surface area (Å²) in [5, 5.41) is 27.8. The number of azo groups is 2. The summed E-state index contributed by atoms with van der Waals surface area (Å²) in [7, 11) is -2.51. The van der Waals surface area contributed by atoms with Gasteiger partial charge in [-0.15, -0.1) is 12.6 Å². The van der Waals surface area contributed by atoms with Crippen LogP contribution in [0, 0.1) is 13.8 Å². The SMILES string of the molecule is Cc1cc(NCc2ccc(Nc3ccc(N=Nc4ccc(NN(C)c5ccc6c(S)cc(S(=O)(=O)O)cc6c5)cc4)c(C)c3)cc2)ccc1N=Nc1ccc(N)cc1. The zero-order valence-electron chi connectivity index (χ0n) is 31.9. The van der Waals surface area contributed by atoms with Crippen molar-refractivity contribution < 1.29 is 13.0 Å². The number of nitrogen functional groups attached to an aromatic ring is 1. The van der Waals surface area contributed by atoms with E-state index in [1.807, 2.05) is 106 Å². The van der Waals surface area contributed by atoms with Gasteiger partial charge in [0, 0.05) is 41.2 Å². The lowest BCUT2D eigenvalue weighted by Gasteiger charge is -2.22. The number of hydrazine groups is 1. The molecule has 0 saturated heterocycles. The zero-order chi connectivity index (χ0) is 40.8. The van der Waals surface area contributed by atoms with Crippen LogP contribution in [0.25, 0.3) is 10.8 Å². The maximum Gasteiger partial charge on any atom is 0.294 e. The summed E-state index contributed by atoms with van der Waals surface area (Å²) in [5.41, 5.74) is 20.4. The molecule has 0 bridgehead atoms. The molecule has 7 rings (SSSR count). The molecule has 0 unspecified atom stereocenters. The van der Waals surface area contributed by atoms with Crippen LogP contribution in [-0.4, -0.2) is 20.0 Å². The molecule has 0 radical (unpaired) electrons. The van der Waals surface area contributed by atoms with Gasteiger partial charge in [0.25, 0.3) is 10.1 Å².